The molecule has 1 aromatic carbocycles. The summed E-state index contributed by atoms with van der Waals surface area (Å²) in [5.41, 5.74) is 0.548. The fraction of sp³-hybridized carbons (Fsp3) is 0.353. The molecule has 8 nitrogen and oxygen atoms in total. The standard InChI is InChI=1S/C17H20FN5O3/c1-22-14(16(25)19-12-4-2-3-11(18)9-12)10-15(21-22)20-17(26)23-7-5-13(24)6-8-23/h2-4,9-10,13,24H,5-8H2,1H3,(H,19,25)(H,20,21,26). The minimum Gasteiger partial charge on any atom is -0.393 e. The maximum atomic E-state index is 13.2. The number of carbonyl (C=O) groups is 2. The molecule has 1 fully saturated rings. The second-order valence-electron chi connectivity index (χ2n) is 6.15. The van der Waals surface area contributed by atoms with Gasteiger partial charge in [0, 0.05) is 31.9 Å². The Morgan fingerprint density at radius 3 is 2.65 bits per heavy atom. The van der Waals surface area contributed by atoms with Crippen molar-refractivity contribution in [3.8, 4) is 0 Å². The number of benzene rings is 1. The number of amides is 3. The largest absolute Gasteiger partial charge is 0.393 e. The molecule has 0 saturated carbocycles. The number of carbonyl (C=O) groups excluding carboxylic acids is 2. The number of urea groups is 1. The van der Waals surface area contributed by atoms with E-state index in [1.165, 1.54) is 28.9 Å². The first kappa shape index (κ1) is 17.9. The molecule has 0 unspecified atom stereocenters. The van der Waals surface area contributed by atoms with Gasteiger partial charge in [-0.2, -0.15) is 5.10 Å². The Labute approximate surface area is 149 Å². The summed E-state index contributed by atoms with van der Waals surface area (Å²) in [5, 5.41) is 18.8. The van der Waals surface area contributed by atoms with Crippen LogP contribution in [0.3, 0.4) is 0 Å². The van der Waals surface area contributed by atoms with Gasteiger partial charge in [-0.05, 0) is 31.0 Å². The molecule has 1 aromatic heterocycles. The number of hydrogen-bond donors (Lipinski definition) is 3. The van der Waals surface area contributed by atoms with Gasteiger partial charge in [0.25, 0.3) is 5.91 Å². The van der Waals surface area contributed by atoms with Crippen LogP contribution in [0.2, 0.25) is 0 Å². The number of aromatic nitrogens is 2. The van der Waals surface area contributed by atoms with Crippen LogP contribution in [-0.2, 0) is 7.05 Å². The van der Waals surface area contributed by atoms with E-state index in [1.807, 2.05) is 0 Å². The summed E-state index contributed by atoms with van der Waals surface area (Å²) in [6.07, 6.45) is 0.709. The van der Waals surface area contributed by atoms with Gasteiger partial charge in [0.2, 0.25) is 0 Å². The minimum absolute atomic E-state index is 0.221. The number of likely N-dealkylation sites (tertiary alicyclic amines) is 1. The molecule has 3 N–H and O–H groups in total. The lowest BCUT2D eigenvalue weighted by molar-refractivity contribution is 0.0970. The van der Waals surface area contributed by atoms with E-state index in [9.17, 15) is 19.1 Å². The number of aliphatic hydroxyl groups is 1. The summed E-state index contributed by atoms with van der Waals surface area (Å²) in [7, 11) is 1.58. The van der Waals surface area contributed by atoms with Crippen LogP contribution in [0.5, 0.6) is 0 Å². The number of halogens is 1. The highest BCUT2D eigenvalue weighted by atomic mass is 19.1. The molecule has 26 heavy (non-hydrogen) atoms. The highest BCUT2D eigenvalue weighted by Gasteiger charge is 2.22. The highest BCUT2D eigenvalue weighted by Crippen LogP contribution is 2.15. The van der Waals surface area contributed by atoms with Crippen molar-refractivity contribution in [2.24, 2.45) is 7.05 Å². The molecule has 1 aliphatic heterocycles. The number of aryl methyl sites for hydroxylation is 1. The molecule has 1 saturated heterocycles. The van der Waals surface area contributed by atoms with Crippen molar-refractivity contribution in [2.75, 3.05) is 23.7 Å². The van der Waals surface area contributed by atoms with E-state index in [2.05, 4.69) is 15.7 Å². The number of nitrogens with zero attached hydrogens (tertiary/aromatic N) is 3. The molecule has 0 atom stereocenters. The molecule has 2 aromatic rings. The van der Waals surface area contributed by atoms with Crippen molar-refractivity contribution in [2.45, 2.75) is 18.9 Å². The molecule has 0 radical (unpaired) electrons. The fourth-order valence-corrected chi connectivity index (χ4v) is 2.76. The summed E-state index contributed by atoms with van der Waals surface area (Å²) in [5.74, 6) is -0.674. The molecule has 0 aliphatic carbocycles. The second-order valence-corrected chi connectivity index (χ2v) is 6.15. The number of aliphatic hydroxyl groups excluding tert-OH is 1. The fourth-order valence-electron chi connectivity index (χ4n) is 2.76. The Balaban J connectivity index is 1.64. The third-order valence-corrected chi connectivity index (χ3v) is 4.18. The zero-order chi connectivity index (χ0) is 18.7. The molecule has 0 bridgehead atoms. The van der Waals surface area contributed by atoms with Gasteiger partial charge in [-0.25, -0.2) is 9.18 Å². The molecule has 1 aliphatic rings. The number of rotatable bonds is 3. The summed E-state index contributed by atoms with van der Waals surface area (Å²) >= 11 is 0. The average Bonchev–Trinajstić information content (AvgIpc) is 2.96. The van der Waals surface area contributed by atoms with Crippen LogP contribution >= 0.6 is 0 Å². The van der Waals surface area contributed by atoms with Crippen molar-refractivity contribution in [1.29, 1.82) is 0 Å². The first-order chi connectivity index (χ1) is 12.4. The van der Waals surface area contributed by atoms with Crippen molar-refractivity contribution in [3.63, 3.8) is 0 Å². The van der Waals surface area contributed by atoms with Gasteiger partial charge in [0.1, 0.15) is 11.5 Å². The maximum absolute atomic E-state index is 13.2. The number of anilines is 2. The predicted octanol–water partition coefficient (Wildman–Crippen LogP) is 1.80. The van der Waals surface area contributed by atoms with Crippen molar-refractivity contribution in [1.82, 2.24) is 14.7 Å². The van der Waals surface area contributed by atoms with Gasteiger partial charge in [-0.15, -0.1) is 0 Å². The van der Waals surface area contributed by atoms with Crippen LogP contribution in [-0.4, -0.2) is 50.9 Å². The van der Waals surface area contributed by atoms with Crippen molar-refractivity contribution >= 4 is 23.4 Å². The van der Waals surface area contributed by atoms with E-state index in [0.29, 0.717) is 31.6 Å². The Morgan fingerprint density at radius 1 is 1.23 bits per heavy atom. The van der Waals surface area contributed by atoms with Gasteiger partial charge >= 0.3 is 6.03 Å². The Bertz CT molecular complexity index is 814. The maximum Gasteiger partial charge on any atom is 0.323 e. The minimum atomic E-state index is -0.466. The smallest absolute Gasteiger partial charge is 0.323 e. The van der Waals surface area contributed by atoms with Crippen LogP contribution in [0, 0.1) is 5.82 Å². The molecule has 0 spiro atoms. The molecule has 9 heteroatoms. The third kappa shape index (κ3) is 4.17. The average molecular weight is 361 g/mol. The summed E-state index contributed by atoms with van der Waals surface area (Å²) in [4.78, 5) is 26.2. The lowest BCUT2D eigenvalue weighted by Gasteiger charge is -2.29. The van der Waals surface area contributed by atoms with Crippen LogP contribution in [0.15, 0.2) is 30.3 Å². The first-order valence-electron chi connectivity index (χ1n) is 8.27. The molecule has 138 valence electrons. The van der Waals surface area contributed by atoms with Gasteiger partial charge < -0.3 is 15.3 Å². The summed E-state index contributed by atoms with van der Waals surface area (Å²) in [6.45, 7) is 0.930. The van der Waals surface area contributed by atoms with Gasteiger partial charge in [-0.3, -0.25) is 14.8 Å². The Morgan fingerprint density at radius 2 is 1.96 bits per heavy atom. The van der Waals surface area contributed by atoms with Crippen LogP contribution in [0.1, 0.15) is 23.3 Å². The van der Waals surface area contributed by atoms with E-state index >= 15 is 0 Å². The van der Waals surface area contributed by atoms with Gasteiger partial charge in [0.15, 0.2) is 5.82 Å². The monoisotopic (exact) mass is 361 g/mol. The normalized spacial score (nSPS) is 15.0. The third-order valence-electron chi connectivity index (χ3n) is 4.18. The summed E-state index contributed by atoms with van der Waals surface area (Å²) in [6, 6.07) is 6.69. The van der Waals surface area contributed by atoms with E-state index in [-0.39, 0.29) is 23.6 Å². The molecule has 3 amide bonds. The van der Waals surface area contributed by atoms with Crippen LogP contribution in [0.4, 0.5) is 20.7 Å². The van der Waals surface area contributed by atoms with Crippen molar-refractivity contribution in [3.05, 3.63) is 41.8 Å². The van der Waals surface area contributed by atoms with Crippen molar-refractivity contribution < 1.29 is 19.1 Å². The van der Waals surface area contributed by atoms with Crippen LogP contribution in [0.25, 0.3) is 0 Å². The quantitative estimate of drug-likeness (QED) is 0.776. The zero-order valence-corrected chi connectivity index (χ0v) is 14.3. The Kier molecular flexibility index (Phi) is 5.17. The lowest BCUT2D eigenvalue weighted by atomic mass is 10.1. The lowest BCUT2D eigenvalue weighted by Crippen LogP contribution is -2.42. The Hall–Kier alpha value is -2.94. The van der Waals surface area contributed by atoms with E-state index in [1.54, 1.807) is 18.0 Å². The molecular formula is C17H20FN5O3. The molecule has 2 heterocycles. The number of hydrogen-bond acceptors (Lipinski definition) is 4. The number of nitrogens with one attached hydrogen (secondary N) is 2. The highest BCUT2D eigenvalue weighted by molar-refractivity contribution is 6.04. The van der Waals surface area contributed by atoms with Crippen LogP contribution < -0.4 is 10.6 Å². The second kappa shape index (κ2) is 7.52. The van der Waals surface area contributed by atoms with E-state index in [4.69, 9.17) is 0 Å². The van der Waals surface area contributed by atoms with E-state index in [0.717, 1.165) is 0 Å². The van der Waals surface area contributed by atoms with Gasteiger partial charge in [0.05, 0.1) is 6.10 Å². The summed E-state index contributed by atoms with van der Waals surface area (Å²) < 4.78 is 14.5. The number of piperidine rings is 1. The zero-order valence-electron chi connectivity index (χ0n) is 14.3. The molecular weight excluding hydrogens is 341 g/mol. The molecule has 3 rings (SSSR count). The van der Waals surface area contributed by atoms with Gasteiger partial charge in [-0.1, -0.05) is 6.07 Å². The first-order valence-corrected chi connectivity index (χ1v) is 8.27. The SMILES string of the molecule is Cn1nc(NC(=O)N2CCC(O)CC2)cc1C(=O)Nc1cccc(F)c1. The predicted molar refractivity (Wildman–Crippen MR) is 93.4 cm³/mol. The van der Waals surface area contributed by atoms with E-state index < -0.39 is 11.7 Å². The topological polar surface area (TPSA) is 99.5 Å².